The second kappa shape index (κ2) is 8.91. The zero-order valence-corrected chi connectivity index (χ0v) is 18.0. The van der Waals surface area contributed by atoms with E-state index in [1.165, 1.54) is 0 Å². The summed E-state index contributed by atoms with van der Waals surface area (Å²) >= 11 is 0. The fourth-order valence-corrected chi connectivity index (χ4v) is 3.83. The molecule has 0 spiro atoms. The van der Waals surface area contributed by atoms with E-state index in [0.29, 0.717) is 22.6 Å². The second-order valence-electron chi connectivity index (χ2n) is 7.23. The highest BCUT2D eigenvalue weighted by atomic mass is 35.5. The molecule has 10 heteroatoms. The summed E-state index contributed by atoms with van der Waals surface area (Å²) in [6.45, 7) is 4.03. The van der Waals surface area contributed by atoms with Gasteiger partial charge in [0.15, 0.2) is 5.75 Å². The van der Waals surface area contributed by atoms with Crippen molar-refractivity contribution in [3.05, 3.63) is 39.8 Å². The van der Waals surface area contributed by atoms with E-state index in [9.17, 15) is 14.7 Å². The van der Waals surface area contributed by atoms with Gasteiger partial charge in [-0.1, -0.05) is 6.92 Å². The van der Waals surface area contributed by atoms with E-state index in [-0.39, 0.29) is 25.4 Å². The van der Waals surface area contributed by atoms with Crippen molar-refractivity contribution in [2.75, 3.05) is 13.2 Å². The smallest absolute Gasteiger partial charge is 0.504 e. The van der Waals surface area contributed by atoms with Crippen molar-refractivity contribution in [1.29, 1.82) is 0 Å². The van der Waals surface area contributed by atoms with Crippen molar-refractivity contribution in [3.63, 3.8) is 0 Å². The number of hydrogen-bond acceptors (Lipinski definition) is 6. The summed E-state index contributed by atoms with van der Waals surface area (Å²) in [6.07, 6.45) is -0.338. The van der Waals surface area contributed by atoms with Crippen LogP contribution in [0.25, 0.3) is 22.2 Å². The van der Waals surface area contributed by atoms with Crippen LogP contribution in [0, 0.1) is 0 Å². The highest BCUT2D eigenvalue weighted by Crippen LogP contribution is 2.41. The van der Waals surface area contributed by atoms with E-state index in [2.05, 4.69) is 32.6 Å². The van der Waals surface area contributed by atoms with E-state index in [1.807, 2.05) is 19.2 Å². The number of hydrogen-bond donors (Lipinski definition) is 4. The molecule has 0 unspecified atom stereocenters. The molecule has 166 valence electrons. The normalized spacial score (nSPS) is 12.3. The van der Waals surface area contributed by atoms with Gasteiger partial charge in [-0.3, -0.25) is 4.79 Å². The Kier molecular flexibility index (Phi) is 6.47. The van der Waals surface area contributed by atoms with Crippen LogP contribution in [0.1, 0.15) is 24.6 Å². The lowest BCUT2D eigenvalue weighted by Gasteiger charge is -2.12. The monoisotopic (exact) mass is 449 g/mol. The maximum Gasteiger partial charge on any atom is 0.511 e. The van der Waals surface area contributed by atoms with Crippen LogP contribution in [0.3, 0.4) is 0 Å². The first kappa shape index (κ1) is 22.5. The molecular weight excluding hydrogens is 426 g/mol. The Balaban J connectivity index is 0.00000272. The van der Waals surface area contributed by atoms with Crippen molar-refractivity contribution in [2.24, 2.45) is 7.05 Å². The van der Waals surface area contributed by atoms with Crippen molar-refractivity contribution in [2.45, 2.75) is 26.3 Å². The Morgan fingerprint density at radius 2 is 2.13 bits per heavy atom. The number of rotatable bonds is 5. The lowest BCUT2D eigenvalue weighted by molar-refractivity contribution is 0.142. The van der Waals surface area contributed by atoms with Crippen LogP contribution in [-0.2, 0) is 20.0 Å². The highest BCUT2D eigenvalue weighted by molar-refractivity contribution is 5.90. The minimum atomic E-state index is -1.67. The molecule has 4 N–H and O–H groups in total. The lowest BCUT2D eigenvalue weighted by Crippen LogP contribution is -2.17. The Morgan fingerprint density at radius 1 is 1.35 bits per heavy atom. The quantitative estimate of drug-likeness (QED) is 0.348. The molecule has 0 amide bonds. The van der Waals surface area contributed by atoms with E-state index in [1.54, 1.807) is 0 Å². The summed E-state index contributed by atoms with van der Waals surface area (Å²) in [4.78, 5) is 25.9. The van der Waals surface area contributed by atoms with Crippen LogP contribution in [-0.4, -0.2) is 39.1 Å². The standard InChI is InChI=1S/C21H23N3O6.ClH/c1-3-5-22-10-12-7-11-8-14-16(9-15(11)24(12)2)29-6-4-13-17(14)23-20(26)19(18(13)25)30-21(27)28;/h7-9,22H,3-6,10H2,1-2H3,(H,27,28)(H2,23,25,26);1H. The van der Waals surface area contributed by atoms with Crippen LogP contribution in [0.15, 0.2) is 23.0 Å². The number of fused-ring (bicyclic) bond motifs is 4. The number of pyridine rings is 1. The number of carboxylic acid groups (broad SMARTS) is 1. The lowest BCUT2D eigenvalue weighted by atomic mass is 10.0. The van der Waals surface area contributed by atoms with Crippen molar-refractivity contribution in [3.8, 4) is 28.5 Å². The van der Waals surface area contributed by atoms with Gasteiger partial charge in [-0.2, -0.15) is 0 Å². The maximum absolute atomic E-state index is 12.4. The molecule has 4 rings (SSSR count). The summed E-state index contributed by atoms with van der Waals surface area (Å²) in [5.41, 5.74) is 2.69. The molecule has 0 aliphatic carbocycles. The summed E-state index contributed by atoms with van der Waals surface area (Å²) in [6, 6.07) is 5.90. The molecule has 0 saturated carbocycles. The number of halogens is 1. The molecule has 3 aromatic rings. The van der Waals surface area contributed by atoms with Gasteiger partial charge in [0, 0.05) is 48.3 Å². The molecule has 1 aliphatic rings. The van der Waals surface area contributed by atoms with Crippen LogP contribution in [0.2, 0.25) is 0 Å². The highest BCUT2D eigenvalue weighted by Gasteiger charge is 2.26. The van der Waals surface area contributed by atoms with Crippen molar-refractivity contribution < 1.29 is 24.5 Å². The van der Waals surface area contributed by atoms with Gasteiger partial charge in [-0.25, -0.2) is 4.79 Å². The summed E-state index contributed by atoms with van der Waals surface area (Å²) in [5, 5.41) is 23.7. The third-order valence-corrected chi connectivity index (χ3v) is 5.29. The number of ether oxygens (including phenoxy) is 2. The number of benzene rings is 1. The Labute approximate surface area is 184 Å². The van der Waals surface area contributed by atoms with Crippen molar-refractivity contribution >= 4 is 29.5 Å². The summed E-state index contributed by atoms with van der Waals surface area (Å²) in [5.74, 6) is -0.530. The molecule has 1 aromatic carbocycles. The van der Waals surface area contributed by atoms with Gasteiger partial charge in [0.2, 0.25) is 5.75 Å². The minimum Gasteiger partial charge on any atom is -0.504 e. The zero-order valence-electron chi connectivity index (χ0n) is 17.2. The molecule has 0 radical (unpaired) electrons. The number of aromatic amines is 1. The molecule has 9 nitrogen and oxygen atoms in total. The van der Waals surface area contributed by atoms with Gasteiger partial charge in [0.1, 0.15) is 5.75 Å². The Bertz CT molecular complexity index is 1200. The van der Waals surface area contributed by atoms with E-state index >= 15 is 0 Å². The van der Waals surface area contributed by atoms with E-state index < -0.39 is 23.2 Å². The van der Waals surface area contributed by atoms with Gasteiger partial charge in [-0.15, -0.1) is 12.4 Å². The van der Waals surface area contributed by atoms with E-state index in [0.717, 1.165) is 36.1 Å². The molecule has 1 aliphatic heterocycles. The zero-order chi connectivity index (χ0) is 21.4. The van der Waals surface area contributed by atoms with Gasteiger partial charge in [0.05, 0.1) is 17.8 Å². The molecule has 0 saturated heterocycles. The second-order valence-corrected chi connectivity index (χ2v) is 7.23. The molecular formula is C21H24ClN3O6. The van der Waals surface area contributed by atoms with Crippen molar-refractivity contribution in [1.82, 2.24) is 14.9 Å². The Morgan fingerprint density at radius 3 is 2.84 bits per heavy atom. The third-order valence-electron chi connectivity index (χ3n) is 5.29. The first-order valence-corrected chi connectivity index (χ1v) is 9.75. The average molecular weight is 450 g/mol. The first-order chi connectivity index (χ1) is 14.4. The minimum absolute atomic E-state index is 0. The van der Waals surface area contributed by atoms with Crippen LogP contribution >= 0.6 is 12.4 Å². The molecule has 31 heavy (non-hydrogen) atoms. The SMILES string of the molecule is CCCNCc1cc2cc3c(cc2n1C)OCCc1c-3[nH]c(=O)c(OC(=O)O)c1O.Cl. The summed E-state index contributed by atoms with van der Waals surface area (Å²) in [7, 11) is 1.99. The topological polar surface area (TPSA) is 126 Å². The number of nitrogens with zero attached hydrogens (tertiary/aromatic N) is 1. The van der Waals surface area contributed by atoms with Crippen LogP contribution in [0.4, 0.5) is 4.79 Å². The largest absolute Gasteiger partial charge is 0.511 e. The number of nitrogens with one attached hydrogen (secondary N) is 2. The fourth-order valence-electron chi connectivity index (χ4n) is 3.83. The third kappa shape index (κ3) is 4.06. The fraction of sp³-hybridized carbons (Fsp3) is 0.333. The summed E-state index contributed by atoms with van der Waals surface area (Å²) < 4.78 is 12.5. The van der Waals surface area contributed by atoms with Gasteiger partial charge in [-0.05, 0) is 25.1 Å². The van der Waals surface area contributed by atoms with Gasteiger partial charge in [0.25, 0.3) is 5.56 Å². The molecule has 0 fully saturated rings. The average Bonchev–Trinajstić information content (AvgIpc) is 2.89. The Hall–Kier alpha value is -3.17. The van der Waals surface area contributed by atoms with E-state index in [4.69, 9.17) is 9.84 Å². The number of aromatic hydroxyl groups is 1. The number of H-pyrrole nitrogens is 1. The van der Waals surface area contributed by atoms with Crippen LogP contribution < -0.4 is 20.3 Å². The maximum atomic E-state index is 12.4. The van der Waals surface area contributed by atoms with Gasteiger partial charge >= 0.3 is 6.16 Å². The number of aryl methyl sites for hydroxylation is 1. The van der Waals surface area contributed by atoms with Crippen LogP contribution in [0.5, 0.6) is 17.2 Å². The molecule has 0 atom stereocenters. The predicted molar refractivity (Wildman–Crippen MR) is 118 cm³/mol. The predicted octanol–water partition coefficient (Wildman–Crippen LogP) is 3.15. The number of carbonyl (C=O) groups is 1. The number of aromatic nitrogens is 2. The van der Waals surface area contributed by atoms with Gasteiger partial charge < -0.3 is 34.6 Å². The molecule has 3 heterocycles. The first-order valence-electron chi connectivity index (χ1n) is 9.75. The molecule has 2 aromatic heterocycles. The molecule has 0 bridgehead atoms.